The van der Waals surface area contributed by atoms with Gasteiger partial charge in [0.2, 0.25) is 0 Å². The fourth-order valence-corrected chi connectivity index (χ4v) is 5.25. The van der Waals surface area contributed by atoms with E-state index >= 15 is 0 Å². The average Bonchev–Trinajstić information content (AvgIpc) is 3.37. The quantitative estimate of drug-likeness (QED) is 0.199. The minimum Gasteiger partial charge on any atom is -0.481 e. The number of carboxylic acid groups (broad SMARTS) is 1. The highest BCUT2D eigenvalue weighted by atomic mass is 79.9. The minimum atomic E-state index is -4.78. The maximum Gasteiger partial charge on any atom is 0.573 e. The molecule has 0 spiro atoms. The van der Waals surface area contributed by atoms with Crippen molar-refractivity contribution in [3.05, 3.63) is 104 Å². The highest BCUT2D eigenvalue weighted by Gasteiger charge is 2.31. The average molecular weight is 619 g/mol. The van der Waals surface area contributed by atoms with Gasteiger partial charge >= 0.3 is 12.3 Å². The van der Waals surface area contributed by atoms with Gasteiger partial charge in [-0.1, -0.05) is 52.3 Å². The Hall–Kier alpha value is -3.70. The van der Waals surface area contributed by atoms with Crippen LogP contribution in [-0.2, 0) is 11.2 Å². The number of alkyl halides is 3. The summed E-state index contributed by atoms with van der Waals surface area (Å²) in [5.74, 6) is -1.96. The van der Waals surface area contributed by atoms with E-state index in [0.717, 1.165) is 31.9 Å². The second-order valence-electron chi connectivity index (χ2n) is 8.55. The monoisotopic (exact) mass is 618 g/mol. The van der Waals surface area contributed by atoms with Crippen molar-refractivity contribution in [2.45, 2.75) is 25.1 Å². The van der Waals surface area contributed by atoms with Gasteiger partial charge in [0.1, 0.15) is 10.8 Å². The Balaban J connectivity index is 1.59. The van der Waals surface area contributed by atoms with E-state index in [9.17, 15) is 22.8 Å². The van der Waals surface area contributed by atoms with Crippen LogP contribution in [0, 0.1) is 0 Å². The highest BCUT2D eigenvalue weighted by Crippen LogP contribution is 2.35. The maximum atomic E-state index is 12.7. The molecule has 39 heavy (non-hydrogen) atoms. The summed E-state index contributed by atoms with van der Waals surface area (Å²) in [6, 6.07) is 20.4. The van der Waals surface area contributed by atoms with E-state index in [1.165, 1.54) is 23.5 Å². The van der Waals surface area contributed by atoms with Crippen molar-refractivity contribution in [3.63, 3.8) is 0 Å². The summed E-state index contributed by atoms with van der Waals surface area (Å²) >= 11 is 4.93. The number of benzene rings is 3. The largest absolute Gasteiger partial charge is 0.573 e. The molecule has 1 amide bonds. The summed E-state index contributed by atoms with van der Waals surface area (Å²) in [6.07, 6.45) is -4.48. The number of rotatable bonds is 10. The number of hydrogen-bond acceptors (Lipinski definition) is 5. The van der Waals surface area contributed by atoms with Gasteiger partial charge in [0.15, 0.2) is 0 Å². The fraction of sp³-hybridized carbons (Fsp3) is 0.179. The van der Waals surface area contributed by atoms with E-state index < -0.39 is 12.3 Å². The molecular formula is C28H22BrF3N2O4S. The summed E-state index contributed by atoms with van der Waals surface area (Å²) in [6.45, 7) is 0.0242. The van der Waals surface area contributed by atoms with Crippen molar-refractivity contribution >= 4 is 39.1 Å². The third kappa shape index (κ3) is 8.14. The Bertz CT molecular complexity index is 1440. The number of carboxylic acids is 1. The van der Waals surface area contributed by atoms with E-state index in [4.69, 9.17) is 10.1 Å². The van der Waals surface area contributed by atoms with Crippen molar-refractivity contribution in [2.75, 3.05) is 6.54 Å². The summed E-state index contributed by atoms with van der Waals surface area (Å²) in [5.41, 5.74) is 3.75. The molecule has 6 nitrogen and oxygen atoms in total. The molecule has 1 unspecified atom stereocenters. The van der Waals surface area contributed by atoms with Gasteiger partial charge in [-0.25, -0.2) is 4.98 Å². The fourth-order valence-electron chi connectivity index (χ4n) is 3.89. The summed E-state index contributed by atoms with van der Waals surface area (Å²) in [7, 11) is 0. The van der Waals surface area contributed by atoms with Gasteiger partial charge in [0, 0.05) is 33.4 Å². The standard InChI is InChI=1S/C28H22BrF3N2O4S/c29-21-3-1-2-20(15-21)24-16-39-27(34-24)23(18-8-10-22(11-9-18)38-28(30,31)32)14-17-4-6-19(7-5-17)26(37)33-13-12-25(35)36/h1-11,15-16,23H,12-14H2,(H,33,37)(H,35,36). The Morgan fingerprint density at radius 3 is 2.41 bits per heavy atom. The van der Waals surface area contributed by atoms with Crippen LogP contribution in [0.5, 0.6) is 5.75 Å². The molecule has 202 valence electrons. The molecule has 1 atom stereocenters. The number of amides is 1. The molecule has 0 radical (unpaired) electrons. The third-order valence-corrected chi connectivity index (χ3v) is 7.19. The molecule has 0 bridgehead atoms. The normalized spacial score (nSPS) is 12.1. The number of halogens is 4. The zero-order valence-corrected chi connectivity index (χ0v) is 22.6. The molecule has 1 heterocycles. The van der Waals surface area contributed by atoms with Crippen LogP contribution in [0.15, 0.2) is 82.6 Å². The van der Waals surface area contributed by atoms with Crippen LogP contribution < -0.4 is 10.1 Å². The number of carbonyl (C=O) groups excluding carboxylic acids is 1. The Labute approximate surface area is 234 Å². The van der Waals surface area contributed by atoms with Gasteiger partial charge in [0.05, 0.1) is 12.1 Å². The van der Waals surface area contributed by atoms with Crippen LogP contribution in [0.1, 0.15) is 38.8 Å². The first-order valence-corrected chi connectivity index (χ1v) is 13.4. The number of nitrogens with one attached hydrogen (secondary N) is 1. The molecule has 0 aliphatic carbocycles. The lowest BCUT2D eigenvalue weighted by atomic mass is 9.92. The van der Waals surface area contributed by atoms with Crippen molar-refractivity contribution in [1.82, 2.24) is 10.3 Å². The third-order valence-electron chi connectivity index (χ3n) is 5.74. The van der Waals surface area contributed by atoms with E-state index in [0.29, 0.717) is 12.0 Å². The molecule has 2 N–H and O–H groups in total. The summed E-state index contributed by atoms with van der Waals surface area (Å²) in [4.78, 5) is 27.8. The van der Waals surface area contributed by atoms with Crippen molar-refractivity contribution < 1.29 is 32.6 Å². The predicted molar refractivity (Wildman–Crippen MR) is 145 cm³/mol. The lowest BCUT2D eigenvalue weighted by Gasteiger charge is -2.17. The number of aromatic nitrogens is 1. The molecular weight excluding hydrogens is 597 g/mol. The Kier molecular flexibility index (Phi) is 9.03. The maximum absolute atomic E-state index is 12.7. The minimum absolute atomic E-state index is 0.0242. The van der Waals surface area contributed by atoms with Crippen LogP contribution in [0.2, 0.25) is 0 Å². The van der Waals surface area contributed by atoms with E-state index in [1.54, 1.807) is 36.4 Å². The predicted octanol–water partition coefficient (Wildman–Crippen LogP) is 7.05. The van der Waals surface area contributed by atoms with Gasteiger partial charge in [-0.3, -0.25) is 9.59 Å². The molecule has 3 aromatic carbocycles. The molecule has 0 aliphatic rings. The lowest BCUT2D eigenvalue weighted by molar-refractivity contribution is -0.274. The molecule has 11 heteroatoms. The van der Waals surface area contributed by atoms with Crippen molar-refractivity contribution in [3.8, 4) is 17.0 Å². The number of thiazole rings is 1. The first-order valence-electron chi connectivity index (χ1n) is 11.7. The van der Waals surface area contributed by atoms with Crippen LogP contribution in [0.4, 0.5) is 13.2 Å². The second kappa shape index (κ2) is 12.4. The van der Waals surface area contributed by atoms with Crippen LogP contribution in [-0.4, -0.2) is 34.9 Å². The topological polar surface area (TPSA) is 88.5 Å². The molecule has 4 rings (SSSR count). The van der Waals surface area contributed by atoms with Gasteiger partial charge in [0.25, 0.3) is 5.91 Å². The van der Waals surface area contributed by atoms with Crippen LogP contribution in [0.3, 0.4) is 0 Å². The van der Waals surface area contributed by atoms with Gasteiger partial charge in [-0.05, 0) is 53.9 Å². The van der Waals surface area contributed by atoms with Gasteiger partial charge in [-0.15, -0.1) is 24.5 Å². The lowest BCUT2D eigenvalue weighted by Crippen LogP contribution is -2.25. The molecule has 0 saturated carbocycles. The zero-order valence-electron chi connectivity index (χ0n) is 20.2. The Morgan fingerprint density at radius 2 is 1.77 bits per heavy atom. The number of carbonyl (C=O) groups is 2. The smallest absolute Gasteiger partial charge is 0.481 e. The first kappa shape index (κ1) is 28.3. The highest BCUT2D eigenvalue weighted by molar-refractivity contribution is 9.10. The van der Waals surface area contributed by atoms with Crippen LogP contribution in [0.25, 0.3) is 11.3 Å². The summed E-state index contributed by atoms with van der Waals surface area (Å²) in [5, 5.41) is 14.0. The summed E-state index contributed by atoms with van der Waals surface area (Å²) < 4.78 is 42.9. The number of aliphatic carboxylic acids is 1. The van der Waals surface area contributed by atoms with Gasteiger partial charge < -0.3 is 15.2 Å². The zero-order chi connectivity index (χ0) is 28.0. The van der Waals surface area contributed by atoms with Gasteiger partial charge in [-0.2, -0.15) is 0 Å². The molecule has 4 aromatic rings. The van der Waals surface area contributed by atoms with E-state index in [2.05, 4.69) is 26.0 Å². The number of hydrogen-bond donors (Lipinski definition) is 2. The van der Waals surface area contributed by atoms with Crippen molar-refractivity contribution in [1.29, 1.82) is 0 Å². The molecule has 0 saturated heterocycles. The number of nitrogens with zero attached hydrogens (tertiary/aromatic N) is 1. The van der Waals surface area contributed by atoms with Crippen molar-refractivity contribution in [2.24, 2.45) is 0 Å². The van der Waals surface area contributed by atoms with E-state index in [1.807, 2.05) is 29.6 Å². The molecule has 0 aliphatic heterocycles. The second-order valence-corrected chi connectivity index (χ2v) is 10.4. The first-order chi connectivity index (χ1) is 18.6. The Morgan fingerprint density at radius 1 is 1.05 bits per heavy atom. The van der Waals surface area contributed by atoms with E-state index in [-0.39, 0.29) is 30.5 Å². The SMILES string of the molecule is O=C(O)CCNC(=O)c1ccc(CC(c2ccc(OC(F)(F)F)cc2)c2nc(-c3cccc(Br)c3)cs2)cc1. The molecule has 1 aromatic heterocycles. The van der Waals surface area contributed by atoms with Crippen LogP contribution >= 0.6 is 27.3 Å². The number of ether oxygens (including phenoxy) is 1. The molecule has 0 fully saturated rings.